The van der Waals surface area contributed by atoms with Gasteiger partial charge >= 0.3 is 0 Å². The van der Waals surface area contributed by atoms with Crippen molar-refractivity contribution in [2.45, 2.75) is 18.9 Å². The zero-order valence-electron chi connectivity index (χ0n) is 16.7. The molecule has 1 aromatic heterocycles. The second kappa shape index (κ2) is 8.05. The van der Waals surface area contributed by atoms with Crippen LogP contribution in [0.2, 0.25) is 0 Å². The number of carbonyl (C=O) groups is 1. The number of nitrogens with zero attached hydrogens (tertiary/aromatic N) is 2. The maximum absolute atomic E-state index is 13.8. The van der Waals surface area contributed by atoms with Crippen LogP contribution in [0.1, 0.15) is 23.2 Å². The van der Waals surface area contributed by atoms with Crippen LogP contribution in [0.15, 0.2) is 60.7 Å². The molecule has 1 amide bonds. The van der Waals surface area contributed by atoms with Gasteiger partial charge in [0.2, 0.25) is 0 Å². The third-order valence-corrected chi connectivity index (χ3v) is 6.53. The van der Waals surface area contributed by atoms with Crippen molar-refractivity contribution in [3.63, 3.8) is 0 Å². The topological polar surface area (TPSA) is 51.7 Å². The molecule has 6 heteroatoms. The molecule has 0 saturated carbocycles. The van der Waals surface area contributed by atoms with Crippen molar-refractivity contribution in [2.24, 2.45) is 0 Å². The highest BCUT2D eigenvalue weighted by atomic mass is 32.1. The minimum atomic E-state index is -0.118. The minimum Gasteiger partial charge on any atom is -0.496 e. The second-order valence-electron chi connectivity index (χ2n) is 7.41. The Morgan fingerprint density at radius 1 is 1.17 bits per heavy atom. The lowest BCUT2D eigenvalue weighted by atomic mass is 10.0. The zero-order chi connectivity index (χ0) is 20.5. The van der Waals surface area contributed by atoms with Gasteiger partial charge in [-0.15, -0.1) is 0 Å². The number of benzene rings is 3. The van der Waals surface area contributed by atoms with Crippen LogP contribution in [0.5, 0.6) is 5.75 Å². The van der Waals surface area contributed by atoms with Crippen molar-refractivity contribution in [3.05, 3.63) is 66.2 Å². The first kappa shape index (κ1) is 19.0. The molecule has 1 fully saturated rings. The third kappa shape index (κ3) is 3.53. The van der Waals surface area contributed by atoms with Crippen molar-refractivity contribution in [1.82, 2.24) is 4.98 Å². The lowest BCUT2D eigenvalue weighted by molar-refractivity contribution is 0.0915. The molecule has 5 rings (SSSR count). The molecule has 1 aliphatic heterocycles. The summed E-state index contributed by atoms with van der Waals surface area (Å²) in [4.78, 5) is 20.3. The van der Waals surface area contributed by atoms with Crippen LogP contribution in [0, 0.1) is 0 Å². The lowest BCUT2D eigenvalue weighted by Gasteiger charge is -2.24. The summed E-state index contributed by atoms with van der Waals surface area (Å²) in [5.41, 5.74) is 1.43. The number of fused-ring (bicyclic) bond motifs is 2. The maximum atomic E-state index is 13.8. The molecule has 3 aromatic carbocycles. The average molecular weight is 419 g/mol. The summed E-state index contributed by atoms with van der Waals surface area (Å²) < 4.78 is 12.5. The predicted molar refractivity (Wildman–Crippen MR) is 121 cm³/mol. The molecule has 1 atom stereocenters. The van der Waals surface area contributed by atoms with Gasteiger partial charge in [0.1, 0.15) is 5.75 Å². The number of anilines is 1. The van der Waals surface area contributed by atoms with Crippen LogP contribution in [0.3, 0.4) is 0 Å². The van der Waals surface area contributed by atoms with Gasteiger partial charge in [-0.05, 0) is 47.9 Å². The number of rotatable bonds is 5. The summed E-state index contributed by atoms with van der Waals surface area (Å²) in [6.07, 6.45) is 1.99. The van der Waals surface area contributed by atoms with E-state index in [2.05, 4.69) is 0 Å². The molecule has 5 nitrogen and oxygen atoms in total. The predicted octanol–water partition coefficient (Wildman–Crippen LogP) is 5.28. The maximum Gasteiger partial charge on any atom is 0.263 e. The number of para-hydroxylation sites is 1. The van der Waals surface area contributed by atoms with E-state index in [0.29, 0.717) is 23.0 Å². The number of carbonyl (C=O) groups excluding carboxylic acids is 1. The van der Waals surface area contributed by atoms with E-state index in [9.17, 15) is 4.79 Å². The van der Waals surface area contributed by atoms with Gasteiger partial charge in [-0.2, -0.15) is 0 Å². The zero-order valence-corrected chi connectivity index (χ0v) is 17.5. The molecular formula is C24H22N2O3S. The van der Waals surface area contributed by atoms with Crippen LogP contribution in [-0.4, -0.2) is 37.3 Å². The Morgan fingerprint density at radius 2 is 1.93 bits per heavy atom. The standard InChI is InChI=1S/C24H22N2O3S/c1-28-21-14-17-8-3-2-7-16(17)13-19(21)23(27)26(15-18-9-6-12-29-18)24-25-20-10-4-5-11-22(20)30-24/h2-5,7-8,10-11,13-14,18H,6,9,12,15H2,1H3. The summed E-state index contributed by atoms with van der Waals surface area (Å²) in [6, 6.07) is 19.8. The van der Waals surface area contributed by atoms with Crippen LogP contribution >= 0.6 is 11.3 Å². The molecule has 30 heavy (non-hydrogen) atoms. The van der Waals surface area contributed by atoms with Crippen LogP contribution < -0.4 is 9.64 Å². The second-order valence-corrected chi connectivity index (χ2v) is 8.42. The molecule has 1 unspecified atom stereocenters. The summed E-state index contributed by atoms with van der Waals surface area (Å²) in [6.45, 7) is 1.22. The summed E-state index contributed by atoms with van der Waals surface area (Å²) in [5, 5.41) is 2.73. The summed E-state index contributed by atoms with van der Waals surface area (Å²) in [5.74, 6) is 0.448. The monoisotopic (exact) mass is 418 g/mol. The van der Waals surface area contributed by atoms with Crippen molar-refractivity contribution >= 4 is 43.4 Å². The highest BCUT2D eigenvalue weighted by Crippen LogP contribution is 2.33. The Labute approximate surface area is 178 Å². The molecule has 152 valence electrons. The van der Waals surface area contributed by atoms with E-state index < -0.39 is 0 Å². The quantitative estimate of drug-likeness (QED) is 0.442. The number of aromatic nitrogens is 1. The Morgan fingerprint density at radius 3 is 2.67 bits per heavy atom. The number of ether oxygens (including phenoxy) is 2. The van der Waals surface area contributed by atoms with Gasteiger partial charge in [-0.3, -0.25) is 9.69 Å². The molecule has 2 heterocycles. The van der Waals surface area contributed by atoms with Gasteiger partial charge in [0.15, 0.2) is 5.13 Å². The van der Waals surface area contributed by atoms with E-state index >= 15 is 0 Å². The highest BCUT2D eigenvalue weighted by Gasteiger charge is 2.29. The molecule has 0 radical (unpaired) electrons. The van der Waals surface area contributed by atoms with E-state index in [4.69, 9.17) is 14.5 Å². The first-order chi connectivity index (χ1) is 14.7. The van der Waals surface area contributed by atoms with Gasteiger partial charge in [-0.25, -0.2) is 4.98 Å². The van der Waals surface area contributed by atoms with E-state index in [1.807, 2.05) is 60.7 Å². The lowest BCUT2D eigenvalue weighted by Crippen LogP contribution is -2.37. The largest absolute Gasteiger partial charge is 0.496 e. The molecule has 0 aliphatic carbocycles. The smallest absolute Gasteiger partial charge is 0.263 e. The number of methoxy groups -OCH3 is 1. The number of hydrogen-bond acceptors (Lipinski definition) is 5. The fourth-order valence-electron chi connectivity index (χ4n) is 3.92. The molecule has 0 spiro atoms. The highest BCUT2D eigenvalue weighted by molar-refractivity contribution is 7.22. The number of amides is 1. The Kier molecular flexibility index (Phi) is 5.11. The Balaban J connectivity index is 1.59. The first-order valence-electron chi connectivity index (χ1n) is 10.1. The van der Waals surface area contributed by atoms with Gasteiger partial charge in [0.05, 0.1) is 35.5 Å². The van der Waals surface area contributed by atoms with Gasteiger partial charge in [0.25, 0.3) is 5.91 Å². The Bertz CT molecular complexity index is 1180. The number of hydrogen-bond donors (Lipinski definition) is 0. The molecule has 4 aromatic rings. The molecule has 1 saturated heterocycles. The Hall–Kier alpha value is -2.96. The van der Waals surface area contributed by atoms with Crippen LogP contribution in [0.4, 0.5) is 5.13 Å². The summed E-state index contributed by atoms with van der Waals surface area (Å²) >= 11 is 1.53. The summed E-state index contributed by atoms with van der Waals surface area (Å²) in [7, 11) is 1.60. The normalized spacial score (nSPS) is 16.2. The van der Waals surface area contributed by atoms with Gasteiger partial charge < -0.3 is 9.47 Å². The van der Waals surface area contributed by atoms with Gasteiger partial charge in [-0.1, -0.05) is 47.7 Å². The third-order valence-electron chi connectivity index (χ3n) is 5.47. The van der Waals surface area contributed by atoms with Gasteiger partial charge in [0, 0.05) is 6.61 Å². The average Bonchev–Trinajstić information content (AvgIpc) is 3.45. The molecule has 1 aliphatic rings. The fraction of sp³-hybridized carbons (Fsp3) is 0.250. The van der Waals surface area contributed by atoms with E-state index in [-0.39, 0.29) is 12.0 Å². The van der Waals surface area contributed by atoms with E-state index in [1.54, 1.807) is 12.0 Å². The number of thiazole rings is 1. The van der Waals surface area contributed by atoms with Crippen LogP contribution in [-0.2, 0) is 4.74 Å². The van der Waals surface area contributed by atoms with Crippen molar-refractivity contribution < 1.29 is 14.3 Å². The molecule has 0 N–H and O–H groups in total. The van der Waals surface area contributed by atoms with Crippen LogP contribution in [0.25, 0.3) is 21.0 Å². The SMILES string of the molecule is COc1cc2ccccc2cc1C(=O)N(CC1CCCO1)c1nc2ccccc2s1. The fourth-order valence-corrected chi connectivity index (χ4v) is 4.89. The molecular weight excluding hydrogens is 396 g/mol. The van der Waals surface area contributed by atoms with Crippen molar-refractivity contribution in [1.29, 1.82) is 0 Å². The first-order valence-corrected chi connectivity index (χ1v) is 10.9. The minimum absolute atomic E-state index is 0.0208. The van der Waals surface area contributed by atoms with E-state index in [1.165, 1.54) is 11.3 Å². The van der Waals surface area contributed by atoms with Crippen molar-refractivity contribution in [2.75, 3.05) is 25.2 Å². The molecule has 0 bridgehead atoms. The van der Waals surface area contributed by atoms with Crippen molar-refractivity contribution in [3.8, 4) is 5.75 Å². The van der Waals surface area contributed by atoms with E-state index in [0.717, 1.165) is 40.4 Å².